The highest BCUT2D eigenvalue weighted by Gasteiger charge is 2.34. The maximum Gasteiger partial charge on any atom is 0.261 e. The fraction of sp³-hybridized carbons (Fsp3) is 0.176. The molecule has 2 aromatic carbocycles. The second-order valence-corrected chi connectivity index (χ2v) is 5.10. The van der Waals surface area contributed by atoms with E-state index in [-0.39, 0.29) is 11.8 Å². The van der Waals surface area contributed by atoms with E-state index in [1.165, 1.54) is 4.90 Å². The molecule has 0 aliphatic carbocycles. The van der Waals surface area contributed by atoms with Crippen molar-refractivity contribution in [3.05, 3.63) is 70.8 Å². The molecule has 0 bridgehead atoms. The van der Waals surface area contributed by atoms with E-state index in [0.29, 0.717) is 24.2 Å². The molecule has 0 saturated heterocycles. The van der Waals surface area contributed by atoms with E-state index in [9.17, 15) is 9.59 Å². The highest BCUT2D eigenvalue weighted by molar-refractivity contribution is 6.21. The molecule has 0 radical (unpaired) electrons. The highest BCUT2D eigenvalue weighted by atomic mass is 16.2. The lowest BCUT2D eigenvalue weighted by Crippen LogP contribution is -2.29. The average molecular weight is 280 g/mol. The Bertz CT molecular complexity index is 657. The third-order valence-corrected chi connectivity index (χ3v) is 3.67. The molecule has 3 rings (SSSR count). The van der Waals surface area contributed by atoms with Crippen molar-refractivity contribution in [2.24, 2.45) is 5.73 Å². The van der Waals surface area contributed by atoms with E-state index in [0.717, 1.165) is 17.5 Å². The molecule has 1 aliphatic rings. The summed E-state index contributed by atoms with van der Waals surface area (Å²) in [4.78, 5) is 25.8. The summed E-state index contributed by atoms with van der Waals surface area (Å²) >= 11 is 0. The molecule has 4 heteroatoms. The van der Waals surface area contributed by atoms with E-state index in [1.54, 1.807) is 24.3 Å². The van der Waals surface area contributed by atoms with Crippen LogP contribution in [-0.4, -0.2) is 23.3 Å². The molecule has 2 amide bonds. The molecule has 21 heavy (non-hydrogen) atoms. The summed E-state index contributed by atoms with van der Waals surface area (Å²) in [6.45, 7) is 0.910. The molecule has 0 aromatic heterocycles. The fourth-order valence-electron chi connectivity index (χ4n) is 2.54. The van der Waals surface area contributed by atoms with E-state index in [2.05, 4.69) is 0 Å². The van der Waals surface area contributed by atoms with Crippen LogP contribution < -0.4 is 5.73 Å². The van der Waals surface area contributed by atoms with Gasteiger partial charge in [0.05, 0.1) is 17.7 Å². The maximum absolute atomic E-state index is 12.3. The predicted octanol–water partition coefficient (Wildman–Crippen LogP) is 1.98. The number of carbonyl (C=O) groups is 2. The van der Waals surface area contributed by atoms with Crippen molar-refractivity contribution in [3.8, 4) is 0 Å². The highest BCUT2D eigenvalue weighted by Crippen LogP contribution is 2.24. The lowest BCUT2D eigenvalue weighted by Gasteiger charge is -2.14. The number of rotatable bonds is 4. The van der Waals surface area contributed by atoms with Crippen molar-refractivity contribution in [1.82, 2.24) is 4.90 Å². The Morgan fingerprint density at radius 3 is 1.86 bits per heavy atom. The van der Waals surface area contributed by atoms with Gasteiger partial charge in [0.1, 0.15) is 0 Å². The number of amides is 2. The van der Waals surface area contributed by atoms with Crippen LogP contribution in [0.2, 0.25) is 0 Å². The van der Waals surface area contributed by atoms with Crippen LogP contribution in [0.15, 0.2) is 48.5 Å². The molecule has 2 aromatic rings. The molecule has 106 valence electrons. The van der Waals surface area contributed by atoms with Crippen LogP contribution in [0.3, 0.4) is 0 Å². The molecule has 0 atom stereocenters. The number of carbonyl (C=O) groups excluding carboxylic acids is 2. The molecule has 0 fully saturated rings. The van der Waals surface area contributed by atoms with Crippen molar-refractivity contribution in [2.75, 3.05) is 6.54 Å². The van der Waals surface area contributed by atoms with Gasteiger partial charge in [-0.2, -0.15) is 0 Å². The van der Waals surface area contributed by atoms with Gasteiger partial charge in [-0.1, -0.05) is 36.4 Å². The molecule has 0 unspecified atom stereocenters. The van der Waals surface area contributed by atoms with Gasteiger partial charge in [-0.3, -0.25) is 14.5 Å². The minimum atomic E-state index is -0.221. The molecular formula is C17H16N2O2. The number of nitrogens with zero attached hydrogens (tertiary/aromatic N) is 1. The fourth-order valence-corrected chi connectivity index (χ4v) is 2.54. The summed E-state index contributed by atoms with van der Waals surface area (Å²) < 4.78 is 0. The second-order valence-electron chi connectivity index (χ2n) is 5.10. The van der Waals surface area contributed by atoms with Gasteiger partial charge >= 0.3 is 0 Å². The van der Waals surface area contributed by atoms with E-state index in [1.807, 2.05) is 24.3 Å². The molecular weight excluding hydrogens is 264 g/mol. The Balaban J connectivity index is 1.80. The molecule has 1 heterocycles. The first kappa shape index (κ1) is 13.5. The van der Waals surface area contributed by atoms with Crippen molar-refractivity contribution in [1.29, 1.82) is 0 Å². The third kappa shape index (κ3) is 2.45. The van der Waals surface area contributed by atoms with Crippen LogP contribution >= 0.6 is 0 Å². The lowest BCUT2D eigenvalue weighted by atomic mass is 10.1. The van der Waals surface area contributed by atoms with Gasteiger partial charge < -0.3 is 5.73 Å². The minimum Gasteiger partial charge on any atom is -0.330 e. The maximum atomic E-state index is 12.3. The van der Waals surface area contributed by atoms with Crippen LogP contribution in [0.25, 0.3) is 0 Å². The Hall–Kier alpha value is -2.46. The topological polar surface area (TPSA) is 63.4 Å². The lowest BCUT2D eigenvalue weighted by molar-refractivity contribution is 0.0642. The molecule has 4 nitrogen and oxygen atoms in total. The summed E-state index contributed by atoms with van der Waals surface area (Å²) in [5.41, 5.74) is 8.59. The van der Waals surface area contributed by atoms with Gasteiger partial charge in [-0.25, -0.2) is 0 Å². The number of imide groups is 1. The van der Waals surface area contributed by atoms with Gasteiger partial charge in [-0.15, -0.1) is 0 Å². The average Bonchev–Trinajstić information content (AvgIpc) is 2.75. The minimum absolute atomic E-state index is 0.221. The van der Waals surface area contributed by atoms with Crippen molar-refractivity contribution < 1.29 is 9.59 Å². The number of fused-ring (bicyclic) bond motifs is 1. The number of nitrogens with two attached hydrogens (primary N) is 1. The summed E-state index contributed by atoms with van der Waals surface area (Å²) in [6, 6.07) is 14.8. The number of hydrogen-bond donors (Lipinski definition) is 1. The first-order valence-corrected chi connectivity index (χ1v) is 6.94. The number of benzene rings is 2. The van der Waals surface area contributed by atoms with Crippen molar-refractivity contribution >= 4 is 11.8 Å². The van der Waals surface area contributed by atoms with Crippen molar-refractivity contribution in [3.63, 3.8) is 0 Å². The van der Waals surface area contributed by atoms with Gasteiger partial charge in [0.15, 0.2) is 0 Å². The summed E-state index contributed by atoms with van der Waals surface area (Å²) in [5, 5.41) is 0. The molecule has 1 aliphatic heterocycles. The zero-order chi connectivity index (χ0) is 14.8. The van der Waals surface area contributed by atoms with E-state index < -0.39 is 0 Å². The summed E-state index contributed by atoms with van der Waals surface area (Å²) in [7, 11) is 0. The molecule has 0 saturated carbocycles. The summed E-state index contributed by atoms with van der Waals surface area (Å²) in [6.07, 6.45) is 0.827. The monoisotopic (exact) mass is 280 g/mol. The SMILES string of the molecule is NCCc1ccc(CN2C(=O)c3ccccc3C2=O)cc1. The van der Waals surface area contributed by atoms with Crippen LogP contribution in [-0.2, 0) is 13.0 Å². The van der Waals surface area contributed by atoms with Crippen LogP contribution in [0, 0.1) is 0 Å². The zero-order valence-corrected chi connectivity index (χ0v) is 11.6. The van der Waals surface area contributed by atoms with Gasteiger partial charge in [0, 0.05) is 0 Å². The normalized spacial score (nSPS) is 13.7. The second kappa shape index (κ2) is 5.50. The van der Waals surface area contributed by atoms with Gasteiger partial charge in [0.2, 0.25) is 0 Å². The van der Waals surface area contributed by atoms with Crippen LogP contribution in [0.1, 0.15) is 31.8 Å². The zero-order valence-electron chi connectivity index (χ0n) is 11.6. The molecule has 2 N–H and O–H groups in total. The Labute approximate surface area is 123 Å². The first-order chi connectivity index (χ1) is 10.2. The molecule has 0 spiro atoms. The smallest absolute Gasteiger partial charge is 0.261 e. The Kier molecular flexibility index (Phi) is 3.54. The predicted molar refractivity (Wildman–Crippen MR) is 79.8 cm³/mol. The largest absolute Gasteiger partial charge is 0.330 e. The van der Waals surface area contributed by atoms with Crippen molar-refractivity contribution in [2.45, 2.75) is 13.0 Å². The van der Waals surface area contributed by atoms with Crippen LogP contribution in [0.5, 0.6) is 0 Å². The van der Waals surface area contributed by atoms with E-state index in [4.69, 9.17) is 5.73 Å². The van der Waals surface area contributed by atoms with Gasteiger partial charge in [0.25, 0.3) is 11.8 Å². The summed E-state index contributed by atoms with van der Waals surface area (Å²) in [5.74, 6) is -0.441. The first-order valence-electron chi connectivity index (χ1n) is 6.94. The van der Waals surface area contributed by atoms with Crippen LogP contribution in [0.4, 0.5) is 0 Å². The quantitative estimate of drug-likeness (QED) is 0.871. The van der Waals surface area contributed by atoms with E-state index >= 15 is 0 Å². The third-order valence-electron chi connectivity index (χ3n) is 3.67. The standard InChI is InChI=1S/C17H16N2O2/c18-10-9-12-5-7-13(8-6-12)11-19-16(20)14-3-1-2-4-15(14)17(19)21/h1-8H,9-11,18H2. The Morgan fingerprint density at radius 2 is 1.33 bits per heavy atom. The van der Waals surface area contributed by atoms with Gasteiger partial charge in [-0.05, 0) is 36.2 Å². The number of hydrogen-bond acceptors (Lipinski definition) is 3. The Morgan fingerprint density at radius 1 is 0.810 bits per heavy atom.